The Morgan fingerprint density at radius 1 is 1.23 bits per heavy atom. The van der Waals surface area contributed by atoms with Crippen molar-refractivity contribution in [2.75, 3.05) is 31.6 Å². The largest absolute Gasteiger partial charge is 0.418 e. The summed E-state index contributed by atoms with van der Waals surface area (Å²) in [6.07, 6.45) is 9.39. The van der Waals surface area contributed by atoms with Gasteiger partial charge in [-0.15, -0.1) is 0 Å². The molecule has 0 amide bonds. The predicted octanol–water partition coefficient (Wildman–Crippen LogP) is 7.49. The number of piperidine rings is 1. The van der Waals surface area contributed by atoms with E-state index in [0.29, 0.717) is 24.0 Å². The highest BCUT2D eigenvalue weighted by Gasteiger charge is 2.39. The number of hydrogen-bond donors (Lipinski definition) is 1. The van der Waals surface area contributed by atoms with Gasteiger partial charge < -0.3 is 9.80 Å². The summed E-state index contributed by atoms with van der Waals surface area (Å²) >= 11 is 0. The number of aromatic amines is 1. The zero-order valence-electron chi connectivity index (χ0n) is 23.7. The molecule has 1 aromatic carbocycles. The van der Waals surface area contributed by atoms with Crippen LogP contribution in [0.2, 0.25) is 0 Å². The second kappa shape index (κ2) is 11.7. The summed E-state index contributed by atoms with van der Waals surface area (Å²) in [6, 6.07) is 8.06. The van der Waals surface area contributed by atoms with Gasteiger partial charge in [-0.3, -0.25) is 10.00 Å². The number of halogens is 3. The molecular formula is C32H40F3N5. The summed E-state index contributed by atoms with van der Waals surface area (Å²) in [7, 11) is 1.69. The lowest BCUT2D eigenvalue weighted by Gasteiger charge is -2.35. The third kappa shape index (κ3) is 6.07. The first-order valence-electron chi connectivity index (χ1n) is 14.3. The molecule has 0 radical (unpaired) electrons. The van der Waals surface area contributed by atoms with Gasteiger partial charge >= 0.3 is 6.18 Å². The van der Waals surface area contributed by atoms with Crippen LogP contribution in [0.4, 0.5) is 18.9 Å². The minimum absolute atomic E-state index is 0.0912. The van der Waals surface area contributed by atoms with Gasteiger partial charge in [0.05, 0.1) is 17.5 Å². The maximum Gasteiger partial charge on any atom is 0.418 e. The Balaban J connectivity index is 1.45. The first-order valence-corrected chi connectivity index (χ1v) is 14.3. The molecule has 2 aromatic rings. The van der Waals surface area contributed by atoms with Gasteiger partial charge in [-0.1, -0.05) is 32.1 Å². The number of benzene rings is 1. The molecule has 2 aliphatic heterocycles. The molecule has 0 spiro atoms. The van der Waals surface area contributed by atoms with E-state index in [1.165, 1.54) is 18.9 Å². The van der Waals surface area contributed by atoms with Crippen molar-refractivity contribution in [2.24, 2.45) is 11.8 Å². The summed E-state index contributed by atoms with van der Waals surface area (Å²) in [5.74, 6) is 1.25. The molecule has 1 aromatic heterocycles. The molecule has 8 heteroatoms. The van der Waals surface area contributed by atoms with E-state index in [1.807, 2.05) is 24.5 Å². The third-order valence-corrected chi connectivity index (χ3v) is 8.58. The molecule has 2 fully saturated rings. The molecule has 5 nitrogen and oxygen atoms in total. The van der Waals surface area contributed by atoms with Gasteiger partial charge in [0.2, 0.25) is 0 Å². The molecule has 3 aliphatic rings. The van der Waals surface area contributed by atoms with Gasteiger partial charge in [0, 0.05) is 56.0 Å². The Morgan fingerprint density at radius 3 is 2.65 bits per heavy atom. The highest BCUT2D eigenvalue weighted by Crippen LogP contribution is 2.44. The Labute approximate surface area is 235 Å². The highest BCUT2D eigenvalue weighted by molar-refractivity contribution is 5.58. The predicted molar refractivity (Wildman–Crippen MR) is 155 cm³/mol. The fourth-order valence-electron chi connectivity index (χ4n) is 6.33. The van der Waals surface area contributed by atoms with Crippen molar-refractivity contribution in [3.8, 4) is 0 Å². The summed E-state index contributed by atoms with van der Waals surface area (Å²) in [4.78, 5) is 5.54. The topological polar surface area (TPSA) is 38.4 Å². The van der Waals surface area contributed by atoms with Crippen molar-refractivity contribution in [2.45, 2.75) is 58.0 Å². The number of likely N-dealkylation sites (N-methyl/N-ethyl adjacent to an activating group) is 1. The molecular weight excluding hydrogens is 511 g/mol. The Bertz CT molecular complexity index is 1300. The number of allylic oxidation sites excluding steroid dienone is 1. The van der Waals surface area contributed by atoms with E-state index in [4.69, 9.17) is 0 Å². The summed E-state index contributed by atoms with van der Waals surface area (Å²) < 4.78 is 43.2. The van der Waals surface area contributed by atoms with Crippen LogP contribution >= 0.6 is 0 Å². The van der Waals surface area contributed by atoms with Crippen LogP contribution in [0.3, 0.4) is 0 Å². The number of alkyl halides is 3. The highest BCUT2D eigenvalue weighted by atomic mass is 19.4. The number of hydrogen-bond acceptors (Lipinski definition) is 4. The van der Waals surface area contributed by atoms with Crippen LogP contribution < -0.4 is 4.90 Å². The lowest BCUT2D eigenvalue weighted by Crippen LogP contribution is -2.36. The van der Waals surface area contributed by atoms with E-state index in [9.17, 15) is 13.2 Å². The van der Waals surface area contributed by atoms with Gasteiger partial charge in [-0.25, -0.2) is 0 Å². The maximum atomic E-state index is 14.4. The smallest absolute Gasteiger partial charge is 0.349 e. The van der Waals surface area contributed by atoms with E-state index in [1.54, 1.807) is 29.2 Å². The molecule has 1 saturated heterocycles. The number of H-pyrrole nitrogens is 1. The van der Waals surface area contributed by atoms with E-state index < -0.39 is 11.7 Å². The molecule has 1 N–H and O–H groups in total. The lowest BCUT2D eigenvalue weighted by atomic mass is 9.71. The molecule has 2 atom stereocenters. The van der Waals surface area contributed by atoms with Crippen molar-refractivity contribution >= 4 is 5.69 Å². The fraction of sp³-hybridized carbons (Fsp3) is 0.469. The first-order chi connectivity index (χ1) is 19.1. The van der Waals surface area contributed by atoms with Crippen LogP contribution in [0.1, 0.15) is 61.8 Å². The fourth-order valence-corrected chi connectivity index (χ4v) is 6.33. The standard InChI is InChI=1S/C32H40F3N5/c1-5-40(27-13-7-12-26(16-27)30(25-10-6-11-25)31-23(3)17-36-37-31)21-29-28(32(33,34)35)15-24(19-38(29)4)20-39-14-8-9-22(2)18-39/h5,7,12-13,15-17,19,21-22,25,30H,1,6,8-11,14,18,20H2,2-4H3,(H,36,37)/b29-21-/t22-,30?/m0/s1. The van der Waals surface area contributed by atoms with Crippen molar-refractivity contribution in [1.29, 1.82) is 0 Å². The van der Waals surface area contributed by atoms with Gasteiger partial charge in [0.15, 0.2) is 0 Å². The number of anilines is 1. The van der Waals surface area contributed by atoms with Crippen LogP contribution in [0, 0.1) is 18.8 Å². The summed E-state index contributed by atoms with van der Waals surface area (Å²) in [5.41, 5.74) is 4.26. The van der Waals surface area contributed by atoms with Crippen molar-refractivity contribution in [3.63, 3.8) is 0 Å². The Morgan fingerprint density at radius 2 is 2.02 bits per heavy atom. The molecule has 0 bridgehead atoms. The van der Waals surface area contributed by atoms with Crippen LogP contribution in [-0.4, -0.2) is 52.9 Å². The first kappa shape index (κ1) is 28.3. The normalized spacial score (nSPS) is 22.5. The number of rotatable bonds is 8. The lowest BCUT2D eigenvalue weighted by molar-refractivity contribution is -0.0912. The third-order valence-electron chi connectivity index (χ3n) is 8.58. The molecule has 1 unspecified atom stereocenters. The van der Waals surface area contributed by atoms with E-state index in [2.05, 4.69) is 47.7 Å². The number of likely N-dealkylation sites (tertiary alicyclic amines) is 1. The van der Waals surface area contributed by atoms with Crippen molar-refractivity contribution in [3.05, 3.63) is 95.4 Å². The minimum Gasteiger partial charge on any atom is -0.349 e. The van der Waals surface area contributed by atoms with E-state index in [-0.39, 0.29) is 11.6 Å². The van der Waals surface area contributed by atoms with E-state index in [0.717, 1.165) is 54.9 Å². The van der Waals surface area contributed by atoms with Crippen molar-refractivity contribution < 1.29 is 13.2 Å². The van der Waals surface area contributed by atoms with Gasteiger partial charge in [0.1, 0.15) is 0 Å². The van der Waals surface area contributed by atoms with Gasteiger partial charge in [-0.2, -0.15) is 18.3 Å². The summed E-state index contributed by atoms with van der Waals surface area (Å²) in [6.45, 7) is 10.6. The molecule has 5 rings (SSSR count). The summed E-state index contributed by atoms with van der Waals surface area (Å²) in [5, 5.41) is 7.46. The van der Waals surface area contributed by atoms with E-state index >= 15 is 0 Å². The minimum atomic E-state index is -4.49. The van der Waals surface area contributed by atoms with Crippen molar-refractivity contribution in [1.82, 2.24) is 20.0 Å². The average molecular weight is 552 g/mol. The Hall–Kier alpha value is -3.26. The number of aromatic nitrogens is 2. The van der Waals surface area contributed by atoms with Crippen LogP contribution in [0.5, 0.6) is 0 Å². The number of nitrogens with zero attached hydrogens (tertiary/aromatic N) is 4. The number of aryl methyl sites for hydroxylation is 1. The molecule has 40 heavy (non-hydrogen) atoms. The van der Waals surface area contributed by atoms with Gasteiger partial charge in [-0.05, 0) is 85.9 Å². The molecule has 214 valence electrons. The average Bonchev–Trinajstić information content (AvgIpc) is 3.30. The Kier molecular flexibility index (Phi) is 8.26. The second-order valence-electron chi connectivity index (χ2n) is 11.7. The monoisotopic (exact) mass is 551 g/mol. The zero-order valence-corrected chi connectivity index (χ0v) is 23.7. The maximum absolute atomic E-state index is 14.4. The molecule has 1 saturated carbocycles. The second-order valence-corrected chi connectivity index (χ2v) is 11.7. The molecule has 1 aliphatic carbocycles. The number of nitrogens with one attached hydrogen (secondary N) is 1. The zero-order chi connectivity index (χ0) is 28.4. The SMILES string of the molecule is C=CN(/C=C1/C(C(F)(F)F)=CC(CN2CCC[C@H](C)C2)=CN1C)c1cccc(C(c2[nH]ncc2C)C2CCC2)c1. The van der Waals surface area contributed by atoms with Crippen LogP contribution in [-0.2, 0) is 0 Å². The van der Waals surface area contributed by atoms with Crippen LogP contribution in [0.15, 0.2) is 78.6 Å². The van der Waals surface area contributed by atoms with Crippen LogP contribution in [0.25, 0.3) is 0 Å². The quantitative estimate of drug-likeness (QED) is 0.369. The van der Waals surface area contributed by atoms with Gasteiger partial charge in [0.25, 0.3) is 0 Å². The molecule has 3 heterocycles.